The molecule has 0 aliphatic heterocycles. The van der Waals surface area contributed by atoms with Gasteiger partial charge in [-0.05, 0) is 32.1 Å². The van der Waals surface area contributed by atoms with Crippen LogP contribution in [0, 0.1) is 0 Å². The zero-order valence-corrected chi connectivity index (χ0v) is 16.5. The quantitative estimate of drug-likeness (QED) is 0.263. The van der Waals surface area contributed by atoms with Gasteiger partial charge in [0, 0.05) is 13.0 Å². The Morgan fingerprint density at radius 2 is 1.33 bits per heavy atom. The number of amides is 1. The summed E-state index contributed by atoms with van der Waals surface area (Å²) in [6, 6.07) is 0. The van der Waals surface area contributed by atoms with E-state index in [9.17, 15) is 4.79 Å². The molecule has 3 nitrogen and oxygen atoms in total. The zero-order chi connectivity index (χ0) is 17.0. The van der Waals surface area contributed by atoms with Crippen LogP contribution in [-0.2, 0) is 4.79 Å². The van der Waals surface area contributed by atoms with Crippen LogP contribution < -0.4 is 5.32 Å². The molecule has 4 heteroatoms. The fourth-order valence-electron chi connectivity index (χ4n) is 2.64. The predicted octanol–water partition coefficient (Wildman–Crippen LogP) is 5.55. The molecular weight excluding hydrogens is 322 g/mol. The summed E-state index contributed by atoms with van der Waals surface area (Å²) in [6.45, 7) is 2.67. The van der Waals surface area contributed by atoms with Crippen LogP contribution in [0.3, 0.4) is 0 Å². The van der Waals surface area contributed by atoms with E-state index in [0.717, 1.165) is 12.8 Å². The van der Waals surface area contributed by atoms with Crippen molar-refractivity contribution in [3.8, 4) is 0 Å². The second-order valence-electron chi connectivity index (χ2n) is 6.41. The van der Waals surface area contributed by atoms with Crippen molar-refractivity contribution in [3.63, 3.8) is 0 Å². The van der Waals surface area contributed by atoms with Crippen LogP contribution in [0.5, 0.6) is 0 Å². The monoisotopic (exact) mass is 361 g/mol. The topological polar surface area (TPSA) is 49.3 Å². The van der Waals surface area contributed by atoms with E-state index in [1.54, 1.807) is 0 Å². The Morgan fingerprint density at radius 1 is 0.833 bits per heavy atom. The summed E-state index contributed by atoms with van der Waals surface area (Å²) in [7, 11) is 0. The summed E-state index contributed by atoms with van der Waals surface area (Å²) in [4.78, 5) is 11.3. The van der Waals surface area contributed by atoms with E-state index >= 15 is 0 Å². The second-order valence-corrected chi connectivity index (χ2v) is 6.41. The minimum Gasteiger partial charge on any atom is -0.395 e. The van der Waals surface area contributed by atoms with Crippen molar-refractivity contribution in [2.75, 3.05) is 13.2 Å². The zero-order valence-electron chi connectivity index (χ0n) is 15.7. The highest BCUT2D eigenvalue weighted by Gasteiger charge is 1.99. The van der Waals surface area contributed by atoms with Crippen LogP contribution in [0.1, 0.15) is 96.8 Å². The molecular formula is C20H40ClNO2. The minimum absolute atomic E-state index is 0. The third kappa shape index (κ3) is 21.5. The van der Waals surface area contributed by atoms with Crippen LogP contribution in [0.4, 0.5) is 0 Å². The number of hydrogen-bond acceptors (Lipinski definition) is 2. The SMILES string of the molecule is CCCCCCCC/C=C\CCCCCCCC(=O)NCCO.Cl. The molecule has 1 amide bonds. The number of carbonyl (C=O) groups is 1. The molecule has 24 heavy (non-hydrogen) atoms. The molecule has 0 saturated carbocycles. The fraction of sp³-hybridized carbons (Fsp3) is 0.850. The average Bonchev–Trinajstić information content (AvgIpc) is 2.56. The molecule has 0 aromatic carbocycles. The van der Waals surface area contributed by atoms with Gasteiger partial charge in [-0.1, -0.05) is 70.4 Å². The Labute approximate surface area is 156 Å². The van der Waals surface area contributed by atoms with Gasteiger partial charge in [0.25, 0.3) is 0 Å². The second kappa shape index (κ2) is 22.5. The lowest BCUT2D eigenvalue weighted by Crippen LogP contribution is -2.25. The van der Waals surface area contributed by atoms with Gasteiger partial charge in [0.15, 0.2) is 0 Å². The van der Waals surface area contributed by atoms with Gasteiger partial charge in [-0.15, -0.1) is 12.4 Å². The van der Waals surface area contributed by atoms with Crippen molar-refractivity contribution < 1.29 is 9.90 Å². The fourth-order valence-corrected chi connectivity index (χ4v) is 2.64. The first-order valence-electron chi connectivity index (χ1n) is 9.83. The largest absolute Gasteiger partial charge is 0.395 e. The van der Waals surface area contributed by atoms with Gasteiger partial charge in [0.1, 0.15) is 0 Å². The maximum atomic E-state index is 11.3. The average molecular weight is 362 g/mol. The van der Waals surface area contributed by atoms with Crippen molar-refractivity contribution in [1.82, 2.24) is 5.32 Å². The molecule has 0 heterocycles. The molecule has 0 aromatic heterocycles. The summed E-state index contributed by atoms with van der Waals surface area (Å²) in [5.74, 6) is 0.0664. The lowest BCUT2D eigenvalue weighted by Gasteiger charge is -2.03. The summed E-state index contributed by atoms with van der Waals surface area (Å²) < 4.78 is 0. The molecule has 0 spiro atoms. The molecule has 144 valence electrons. The Morgan fingerprint density at radius 3 is 1.88 bits per heavy atom. The molecule has 0 aliphatic carbocycles. The molecule has 0 radical (unpaired) electrons. The van der Waals surface area contributed by atoms with Crippen molar-refractivity contribution in [2.45, 2.75) is 96.8 Å². The third-order valence-electron chi connectivity index (χ3n) is 4.10. The maximum Gasteiger partial charge on any atom is 0.220 e. The summed E-state index contributed by atoms with van der Waals surface area (Å²) in [6.07, 6.45) is 21.8. The van der Waals surface area contributed by atoms with Crippen molar-refractivity contribution >= 4 is 18.3 Å². The lowest BCUT2D eigenvalue weighted by molar-refractivity contribution is -0.121. The Kier molecular flexibility index (Phi) is 24.0. The number of nitrogens with one attached hydrogen (secondary N) is 1. The number of aliphatic hydroxyl groups excluding tert-OH is 1. The smallest absolute Gasteiger partial charge is 0.220 e. The van der Waals surface area contributed by atoms with Crippen LogP contribution in [0.15, 0.2) is 12.2 Å². The molecule has 0 bridgehead atoms. The third-order valence-corrected chi connectivity index (χ3v) is 4.10. The lowest BCUT2D eigenvalue weighted by atomic mass is 10.1. The van der Waals surface area contributed by atoms with E-state index in [1.165, 1.54) is 70.6 Å². The first-order valence-corrected chi connectivity index (χ1v) is 9.83. The number of allylic oxidation sites excluding steroid dienone is 2. The predicted molar refractivity (Wildman–Crippen MR) is 107 cm³/mol. The van der Waals surface area contributed by atoms with Gasteiger partial charge in [-0.3, -0.25) is 4.79 Å². The minimum atomic E-state index is 0. The Hall–Kier alpha value is -0.540. The normalized spacial score (nSPS) is 10.8. The first kappa shape index (κ1) is 25.7. The molecule has 0 aliphatic rings. The molecule has 2 N–H and O–H groups in total. The van der Waals surface area contributed by atoms with Gasteiger partial charge in [0.05, 0.1) is 6.61 Å². The Balaban J connectivity index is 0. The van der Waals surface area contributed by atoms with Crippen LogP contribution in [0.25, 0.3) is 0 Å². The summed E-state index contributed by atoms with van der Waals surface area (Å²) in [5.41, 5.74) is 0. The molecule has 0 aromatic rings. The van der Waals surface area contributed by atoms with Gasteiger partial charge in [-0.25, -0.2) is 0 Å². The van der Waals surface area contributed by atoms with Crippen LogP contribution in [-0.4, -0.2) is 24.2 Å². The number of rotatable bonds is 17. The number of unbranched alkanes of at least 4 members (excludes halogenated alkanes) is 11. The van der Waals surface area contributed by atoms with Crippen molar-refractivity contribution in [1.29, 1.82) is 0 Å². The van der Waals surface area contributed by atoms with Gasteiger partial charge >= 0.3 is 0 Å². The number of halogens is 1. The molecule has 0 rings (SSSR count). The highest BCUT2D eigenvalue weighted by atomic mass is 35.5. The standard InChI is InChI=1S/C20H39NO2.ClH/c1-2-3-4-5-6-7-8-9-10-11-12-13-14-15-16-17-20(23)21-18-19-22;/h9-10,22H,2-8,11-19H2,1H3,(H,21,23);1H/b10-9-;. The molecule has 0 unspecified atom stereocenters. The highest BCUT2D eigenvalue weighted by Crippen LogP contribution is 2.09. The number of carbonyl (C=O) groups excluding carboxylic acids is 1. The summed E-state index contributed by atoms with van der Waals surface area (Å²) >= 11 is 0. The van der Waals surface area contributed by atoms with Crippen molar-refractivity contribution in [2.24, 2.45) is 0 Å². The van der Waals surface area contributed by atoms with E-state index in [-0.39, 0.29) is 24.9 Å². The molecule has 0 fully saturated rings. The van der Waals surface area contributed by atoms with Crippen LogP contribution in [0.2, 0.25) is 0 Å². The van der Waals surface area contributed by atoms with E-state index < -0.39 is 0 Å². The van der Waals surface area contributed by atoms with Gasteiger partial charge in [-0.2, -0.15) is 0 Å². The number of hydrogen-bond donors (Lipinski definition) is 2. The first-order chi connectivity index (χ1) is 11.3. The van der Waals surface area contributed by atoms with Crippen molar-refractivity contribution in [3.05, 3.63) is 12.2 Å². The van der Waals surface area contributed by atoms with E-state index in [4.69, 9.17) is 5.11 Å². The van der Waals surface area contributed by atoms with Gasteiger partial charge < -0.3 is 10.4 Å². The highest BCUT2D eigenvalue weighted by molar-refractivity contribution is 5.85. The number of aliphatic hydroxyl groups is 1. The summed E-state index contributed by atoms with van der Waals surface area (Å²) in [5, 5.41) is 11.3. The molecule has 0 saturated heterocycles. The van der Waals surface area contributed by atoms with E-state index in [1.807, 2.05) is 0 Å². The molecule has 0 atom stereocenters. The maximum absolute atomic E-state index is 11.3. The van der Waals surface area contributed by atoms with E-state index in [0.29, 0.717) is 13.0 Å². The van der Waals surface area contributed by atoms with Crippen LogP contribution >= 0.6 is 12.4 Å². The Bertz CT molecular complexity index is 283. The van der Waals surface area contributed by atoms with E-state index in [2.05, 4.69) is 24.4 Å². The van der Waals surface area contributed by atoms with Gasteiger partial charge in [0.2, 0.25) is 5.91 Å².